The zero-order chi connectivity index (χ0) is 21.4. The van der Waals surface area contributed by atoms with E-state index < -0.39 is 6.10 Å². The molecule has 1 saturated heterocycles. The Bertz CT molecular complexity index is 1000. The highest BCUT2D eigenvalue weighted by Gasteiger charge is 2.34. The molecule has 0 aliphatic carbocycles. The number of aliphatic hydroxyl groups excluding tert-OH is 1. The highest BCUT2D eigenvalue weighted by atomic mass is 35.5. The van der Waals surface area contributed by atoms with E-state index in [0.717, 1.165) is 11.3 Å². The molecule has 1 aromatic heterocycles. The van der Waals surface area contributed by atoms with Crippen molar-refractivity contribution in [1.29, 1.82) is 0 Å². The molecule has 1 aromatic carbocycles. The van der Waals surface area contributed by atoms with Crippen molar-refractivity contribution < 1.29 is 24.9 Å². The lowest BCUT2D eigenvalue weighted by Crippen LogP contribution is -2.82. The first-order chi connectivity index (χ1) is 14.3. The van der Waals surface area contributed by atoms with Crippen LogP contribution in [0.1, 0.15) is 27.6 Å². The van der Waals surface area contributed by atoms with E-state index in [1.165, 1.54) is 0 Å². The average Bonchev–Trinajstić information content (AvgIpc) is 3.31. The predicted molar refractivity (Wildman–Crippen MR) is 111 cm³/mol. The van der Waals surface area contributed by atoms with Crippen molar-refractivity contribution >= 4 is 23.1 Å². The molecule has 30 heavy (non-hydrogen) atoms. The quantitative estimate of drug-likeness (QED) is 0.612. The Morgan fingerprint density at radius 1 is 1.33 bits per heavy atom. The van der Waals surface area contributed by atoms with Gasteiger partial charge in [-0.3, -0.25) is 4.79 Å². The van der Waals surface area contributed by atoms with Crippen molar-refractivity contribution in [1.82, 2.24) is 9.88 Å². The molecule has 2 atom stereocenters. The number of nitrogens with zero attached hydrogens (tertiary/aromatic N) is 2. The largest absolute Gasteiger partial charge is 0.481 e. The van der Waals surface area contributed by atoms with Crippen LogP contribution in [0.2, 0.25) is 5.02 Å². The number of aromatic nitrogens is 2. The molecule has 0 radical (unpaired) electrons. The molecule has 1 amide bonds. The Labute approximate surface area is 179 Å². The number of H-pyrrole nitrogens is 1. The van der Waals surface area contributed by atoms with E-state index in [0.29, 0.717) is 59.7 Å². The SMILES string of the molecule is Cc1nc(C2=C(N)CN(C(=O)c3ccccc3OC3C[NH2+]CC3O)C2)[nH+]c(C)c1Cl. The Hall–Kier alpha value is -2.68. The molecule has 0 bridgehead atoms. The third-order valence-electron chi connectivity index (χ3n) is 5.54. The number of quaternary nitrogens is 1. The summed E-state index contributed by atoms with van der Waals surface area (Å²) in [5, 5.41) is 12.6. The van der Waals surface area contributed by atoms with Crippen LogP contribution in [-0.2, 0) is 0 Å². The van der Waals surface area contributed by atoms with Gasteiger partial charge in [-0.05, 0) is 24.0 Å². The minimum absolute atomic E-state index is 0.178. The van der Waals surface area contributed by atoms with Crippen LogP contribution in [0.25, 0.3) is 5.57 Å². The fourth-order valence-electron chi connectivity index (χ4n) is 3.86. The lowest BCUT2D eigenvalue weighted by atomic mass is 10.1. The first-order valence-electron chi connectivity index (χ1n) is 9.93. The standard InChI is InChI=1S/C21H24ClN5O3/c1-11-19(22)12(2)26-20(25-11)14-9-27(10-15(14)23)21(29)13-5-3-4-6-17(13)30-18-8-24-7-16(18)28/h3-6,16,18,24,28H,7-10,23H2,1-2H3/p+2. The van der Waals surface area contributed by atoms with Crippen molar-refractivity contribution in [3.05, 3.63) is 57.8 Å². The van der Waals surface area contributed by atoms with Crippen molar-refractivity contribution in [2.75, 3.05) is 26.2 Å². The molecule has 1 fully saturated rings. The van der Waals surface area contributed by atoms with Crippen LogP contribution in [0.3, 0.4) is 0 Å². The van der Waals surface area contributed by atoms with Crippen LogP contribution < -0.4 is 20.8 Å². The molecule has 9 heteroatoms. The summed E-state index contributed by atoms with van der Waals surface area (Å²) in [6.07, 6.45) is -0.892. The smallest absolute Gasteiger partial charge is 0.328 e. The number of benzene rings is 1. The molecule has 4 rings (SSSR count). The molecule has 158 valence electrons. The van der Waals surface area contributed by atoms with Gasteiger partial charge < -0.3 is 25.8 Å². The number of aryl methyl sites for hydroxylation is 2. The fraction of sp³-hybridized carbons (Fsp3) is 0.381. The van der Waals surface area contributed by atoms with Crippen molar-refractivity contribution in [3.8, 4) is 5.75 Å². The van der Waals surface area contributed by atoms with Gasteiger partial charge in [-0.1, -0.05) is 23.7 Å². The number of aromatic amines is 1. The summed E-state index contributed by atoms with van der Waals surface area (Å²) in [7, 11) is 0. The monoisotopic (exact) mass is 431 g/mol. The summed E-state index contributed by atoms with van der Waals surface area (Å²) in [6.45, 7) is 5.60. The number of hydrogen-bond donors (Lipinski definition) is 3. The highest BCUT2D eigenvalue weighted by molar-refractivity contribution is 6.31. The van der Waals surface area contributed by atoms with Gasteiger partial charge in [0.2, 0.25) is 0 Å². The Morgan fingerprint density at radius 2 is 2.10 bits per heavy atom. The Kier molecular flexibility index (Phi) is 5.64. The topological polar surface area (TPSA) is 119 Å². The molecular weight excluding hydrogens is 406 g/mol. The Morgan fingerprint density at radius 3 is 2.80 bits per heavy atom. The molecule has 8 nitrogen and oxygen atoms in total. The van der Waals surface area contributed by atoms with Gasteiger partial charge in [-0.25, -0.2) is 4.98 Å². The number of carbonyl (C=O) groups is 1. The molecule has 3 heterocycles. The Balaban J connectivity index is 1.55. The summed E-state index contributed by atoms with van der Waals surface area (Å²) in [5.74, 6) is 0.913. The second kappa shape index (κ2) is 8.22. The van der Waals surface area contributed by atoms with E-state index in [1.54, 1.807) is 23.1 Å². The maximum absolute atomic E-state index is 13.3. The van der Waals surface area contributed by atoms with Crippen molar-refractivity contribution in [3.63, 3.8) is 0 Å². The first-order valence-corrected chi connectivity index (χ1v) is 10.3. The van der Waals surface area contributed by atoms with Crippen molar-refractivity contribution in [2.45, 2.75) is 26.1 Å². The maximum Gasteiger partial charge on any atom is 0.328 e. The van der Waals surface area contributed by atoms with Crippen LogP contribution in [0, 0.1) is 13.8 Å². The molecule has 2 aliphatic heterocycles. The number of ether oxygens (including phenoxy) is 1. The first kappa shape index (κ1) is 20.6. The number of aliphatic hydroxyl groups is 1. The van der Waals surface area contributed by atoms with E-state index in [4.69, 9.17) is 22.1 Å². The fourth-order valence-corrected chi connectivity index (χ4v) is 3.95. The van der Waals surface area contributed by atoms with E-state index >= 15 is 0 Å². The lowest BCUT2D eigenvalue weighted by Gasteiger charge is -2.20. The van der Waals surface area contributed by atoms with Gasteiger partial charge in [0.1, 0.15) is 35.7 Å². The third kappa shape index (κ3) is 3.86. The van der Waals surface area contributed by atoms with Crippen LogP contribution in [-0.4, -0.2) is 59.3 Å². The minimum atomic E-state index is -0.554. The summed E-state index contributed by atoms with van der Waals surface area (Å²) in [5.41, 5.74) is 9.60. The van der Waals surface area contributed by atoms with Crippen molar-refractivity contribution in [2.24, 2.45) is 5.73 Å². The normalized spacial score (nSPS) is 21.4. The van der Waals surface area contributed by atoms with E-state index in [-0.39, 0.29) is 12.0 Å². The number of halogens is 1. The van der Waals surface area contributed by atoms with Gasteiger partial charge in [0.15, 0.2) is 11.8 Å². The summed E-state index contributed by atoms with van der Waals surface area (Å²) in [6, 6.07) is 7.11. The summed E-state index contributed by atoms with van der Waals surface area (Å²) in [4.78, 5) is 22.6. The molecule has 2 unspecified atom stereocenters. The number of nitrogens with two attached hydrogens (primary N) is 2. The zero-order valence-electron chi connectivity index (χ0n) is 17.0. The molecule has 0 saturated carbocycles. The van der Waals surface area contributed by atoms with Gasteiger partial charge >= 0.3 is 5.82 Å². The van der Waals surface area contributed by atoms with E-state index in [1.807, 2.05) is 25.2 Å². The minimum Gasteiger partial charge on any atom is -0.481 e. The number of hydrogen-bond acceptors (Lipinski definition) is 5. The van der Waals surface area contributed by atoms with Crippen LogP contribution >= 0.6 is 11.6 Å². The third-order valence-corrected chi connectivity index (χ3v) is 6.09. The molecular formula is C21H26ClN5O3+2. The highest BCUT2D eigenvalue weighted by Crippen LogP contribution is 2.27. The lowest BCUT2D eigenvalue weighted by molar-refractivity contribution is -0.640. The summed E-state index contributed by atoms with van der Waals surface area (Å²) >= 11 is 6.21. The number of nitrogens with one attached hydrogen (secondary N) is 1. The molecule has 0 spiro atoms. The van der Waals surface area contributed by atoms with Gasteiger partial charge in [0.25, 0.3) is 5.91 Å². The second-order valence-corrected chi connectivity index (χ2v) is 8.13. The summed E-state index contributed by atoms with van der Waals surface area (Å²) < 4.78 is 5.98. The molecule has 2 aromatic rings. The zero-order valence-corrected chi connectivity index (χ0v) is 17.7. The van der Waals surface area contributed by atoms with Gasteiger partial charge in [-0.15, -0.1) is 0 Å². The van der Waals surface area contributed by atoms with Crippen LogP contribution in [0.15, 0.2) is 30.0 Å². The van der Waals surface area contributed by atoms with Crippen LogP contribution in [0.5, 0.6) is 5.75 Å². The maximum atomic E-state index is 13.3. The second-order valence-electron chi connectivity index (χ2n) is 7.75. The number of carbonyl (C=O) groups excluding carboxylic acids is 1. The number of amides is 1. The van der Waals surface area contributed by atoms with Gasteiger partial charge in [0.05, 0.1) is 24.2 Å². The van der Waals surface area contributed by atoms with E-state index in [2.05, 4.69) is 9.97 Å². The van der Waals surface area contributed by atoms with Gasteiger partial charge in [-0.2, -0.15) is 0 Å². The number of rotatable bonds is 4. The number of para-hydroxylation sites is 1. The predicted octanol–water partition coefficient (Wildman–Crippen LogP) is -0.323. The van der Waals surface area contributed by atoms with Crippen LogP contribution in [0.4, 0.5) is 0 Å². The van der Waals surface area contributed by atoms with Gasteiger partial charge in [0, 0.05) is 12.6 Å². The average molecular weight is 432 g/mol. The van der Waals surface area contributed by atoms with E-state index in [9.17, 15) is 9.90 Å². The molecule has 6 N–H and O–H groups in total. The molecule has 2 aliphatic rings.